The van der Waals surface area contributed by atoms with E-state index >= 15 is 0 Å². The molecule has 1 aliphatic carbocycles. The van der Waals surface area contributed by atoms with E-state index in [1.54, 1.807) is 24.3 Å². The summed E-state index contributed by atoms with van der Waals surface area (Å²) in [5.74, 6) is -0.422. The molecule has 114 valence electrons. The predicted octanol–water partition coefficient (Wildman–Crippen LogP) is 4.31. The van der Waals surface area contributed by atoms with Gasteiger partial charge in [-0.1, -0.05) is 11.6 Å². The quantitative estimate of drug-likeness (QED) is 0.805. The maximum absolute atomic E-state index is 12.1. The van der Waals surface area contributed by atoms with Crippen molar-refractivity contribution in [1.29, 1.82) is 0 Å². The van der Waals surface area contributed by atoms with Crippen molar-refractivity contribution < 1.29 is 9.59 Å². The van der Waals surface area contributed by atoms with E-state index in [0.717, 1.165) is 16.6 Å². The van der Waals surface area contributed by atoms with Gasteiger partial charge in [0.05, 0.1) is 19.2 Å². The molecular weight excluding hydrogens is 388 g/mol. The molecule has 3 rings (SSSR count). The van der Waals surface area contributed by atoms with Gasteiger partial charge >= 0.3 is 0 Å². The lowest BCUT2D eigenvalue weighted by Crippen LogP contribution is -2.25. The van der Waals surface area contributed by atoms with Gasteiger partial charge in [-0.25, -0.2) is 0 Å². The van der Waals surface area contributed by atoms with Gasteiger partial charge in [0.2, 0.25) is 0 Å². The zero-order chi connectivity index (χ0) is 15.7. The number of nitrogens with one attached hydrogen (secondary N) is 2. The molecule has 0 atom stereocenters. The summed E-state index contributed by atoms with van der Waals surface area (Å²) >= 11 is 10.7. The highest BCUT2D eigenvalue weighted by atomic mass is 79.9. The van der Waals surface area contributed by atoms with Crippen LogP contribution in [0.2, 0.25) is 5.02 Å². The van der Waals surface area contributed by atoms with Crippen LogP contribution < -0.4 is 10.6 Å². The molecule has 0 saturated heterocycles. The Bertz CT molecular complexity index is 743. The molecule has 1 heterocycles. The van der Waals surface area contributed by atoms with Crippen LogP contribution in [0.5, 0.6) is 0 Å². The Hall–Kier alpha value is -1.37. The topological polar surface area (TPSA) is 58.2 Å². The minimum Gasteiger partial charge on any atom is -0.349 e. The minimum absolute atomic E-state index is 0.206. The SMILES string of the molecule is O=C(Nc1ccc(Cl)c(C(=O)NC2CC2)c1)c1ccc(Br)s1. The van der Waals surface area contributed by atoms with E-state index in [2.05, 4.69) is 26.6 Å². The average molecular weight is 400 g/mol. The third-order valence-electron chi connectivity index (χ3n) is 3.18. The Labute approximate surface area is 145 Å². The largest absolute Gasteiger partial charge is 0.349 e. The second-order valence-electron chi connectivity index (χ2n) is 5.00. The minimum atomic E-state index is -0.216. The molecule has 0 unspecified atom stereocenters. The Morgan fingerprint density at radius 3 is 2.59 bits per heavy atom. The molecule has 0 aliphatic heterocycles. The van der Waals surface area contributed by atoms with Crippen LogP contribution in [0.15, 0.2) is 34.1 Å². The van der Waals surface area contributed by atoms with Gasteiger partial charge in [0.1, 0.15) is 0 Å². The summed E-state index contributed by atoms with van der Waals surface area (Å²) < 4.78 is 0.887. The first-order valence-corrected chi connectivity index (χ1v) is 8.69. The number of anilines is 1. The van der Waals surface area contributed by atoms with Crippen molar-refractivity contribution in [3.63, 3.8) is 0 Å². The Kier molecular flexibility index (Phi) is 4.52. The highest BCUT2D eigenvalue weighted by Crippen LogP contribution is 2.26. The molecule has 2 aromatic rings. The molecule has 1 aliphatic rings. The first kappa shape index (κ1) is 15.5. The maximum atomic E-state index is 12.1. The van der Waals surface area contributed by atoms with Crippen LogP contribution in [0, 0.1) is 0 Å². The van der Waals surface area contributed by atoms with Crippen LogP contribution in [-0.4, -0.2) is 17.9 Å². The zero-order valence-corrected chi connectivity index (χ0v) is 14.5. The number of thiophene rings is 1. The molecule has 1 aromatic heterocycles. The van der Waals surface area contributed by atoms with Gasteiger partial charge < -0.3 is 10.6 Å². The fourth-order valence-corrected chi connectivity index (χ4v) is 3.38. The highest BCUT2D eigenvalue weighted by Gasteiger charge is 2.25. The molecule has 0 bridgehead atoms. The third-order valence-corrected chi connectivity index (χ3v) is 5.13. The molecular formula is C15H12BrClN2O2S. The number of hydrogen-bond acceptors (Lipinski definition) is 3. The zero-order valence-electron chi connectivity index (χ0n) is 11.4. The number of benzene rings is 1. The summed E-state index contributed by atoms with van der Waals surface area (Å²) in [6.07, 6.45) is 2.01. The van der Waals surface area contributed by atoms with E-state index < -0.39 is 0 Å². The summed E-state index contributed by atoms with van der Waals surface area (Å²) in [6, 6.07) is 8.70. The first-order valence-electron chi connectivity index (χ1n) is 6.70. The Balaban J connectivity index is 1.76. The van der Waals surface area contributed by atoms with E-state index in [-0.39, 0.29) is 17.9 Å². The van der Waals surface area contributed by atoms with Crippen molar-refractivity contribution in [2.24, 2.45) is 0 Å². The molecule has 1 fully saturated rings. The molecule has 7 heteroatoms. The van der Waals surface area contributed by atoms with Crippen molar-refractivity contribution >= 4 is 56.4 Å². The maximum Gasteiger partial charge on any atom is 0.265 e. The van der Waals surface area contributed by atoms with Gasteiger partial charge in [0.25, 0.3) is 11.8 Å². The monoisotopic (exact) mass is 398 g/mol. The summed E-state index contributed by atoms with van der Waals surface area (Å²) in [5, 5.41) is 6.03. The molecule has 0 radical (unpaired) electrons. The van der Waals surface area contributed by atoms with E-state index in [1.165, 1.54) is 11.3 Å². The molecule has 1 saturated carbocycles. The smallest absolute Gasteiger partial charge is 0.265 e. The number of halogens is 2. The van der Waals surface area contributed by atoms with Crippen molar-refractivity contribution in [3.8, 4) is 0 Å². The lowest BCUT2D eigenvalue weighted by atomic mass is 10.2. The van der Waals surface area contributed by atoms with Gasteiger partial charge in [-0.15, -0.1) is 11.3 Å². The van der Waals surface area contributed by atoms with Crippen LogP contribution >= 0.6 is 38.9 Å². The van der Waals surface area contributed by atoms with Crippen molar-refractivity contribution in [1.82, 2.24) is 5.32 Å². The molecule has 2 amide bonds. The van der Waals surface area contributed by atoms with Crippen molar-refractivity contribution in [2.75, 3.05) is 5.32 Å². The molecule has 1 aromatic carbocycles. The van der Waals surface area contributed by atoms with Crippen LogP contribution in [0.25, 0.3) is 0 Å². The fraction of sp³-hybridized carbons (Fsp3) is 0.200. The van der Waals surface area contributed by atoms with Gasteiger partial charge in [-0.3, -0.25) is 9.59 Å². The van der Waals surface area contributed by atoms with Crippen LogP contribution in [0.4, 0.5) is 5.69 Å². The standard InChI is InChI=1S/C15H12BrClN2O2S/c16-13-6-5-12(22-13)15(21)19-9-3-4-11(17)10(7-9)14(20)18-8-1-2-8/h3-8H,1-2H2,(H,18,20)(H,19,21). The molecule has 4 nitrogen and oxygen atoms in total. The molecule has 0 spiro atoms. The lowest BCUT2D eigenvalue weighted by molar-refractivity contribution is 0.0950. The van der Waals surface area contributed by atoms with Gasteiger partial charge in [-0.05, 0) is 59.1 Å². The normalized spacial score (nSPS) is 13.7. The van der Waals surface area contributed by atoms with Crippen molar-refractivity contribution in [2.45, 2.75) is 18.9 Å². The van der Waals surface area contributed by atoms with E-state index in [4.69, 9.17) is 11.6 Å². The average Bonchev–Trinajstić information content (AvgIpc) is 3.18. The second-order valence-corrected chi connectivity index (χ2v) is 7.87. The summed E-state index contributed by atoms with van der Waals surface area (Å²) in [7, 11) is 0. The van der Waals surface area contributed by atoms with E-state index in [9.17, 15) is 9.59 Å². The Morgan fingerprint density at radius 2 is 1.95 bits per heavy atom. The second kappa shape index (κ2) is 6.40. The summed E-state index contributed by atoms with van der Waals surface area (Å²) in [5.41, 5.74) is 0.915. The van der Waals surface area contributed by atoms with Crippen LogP contribution in [-0.2, 0) is 0 Å². The number of hydrogen-bond donors (Lipinski definition) is 2. The fourth-order valence-electron chi connectivity index (χ4n) is 1.90. The third kappa shape index (κ3) is 3.69. The van der Waals surface area contributed by atoms with Gasteiger partial charge in [0, 0.05) is 11.7 Å². The number of carbonyl (C=O) groups excluding carboxylic acids is 2. The molecule has 2 N–H and O–H groups in total. The summed E-state index contributed by atoms with van der Waals surface area (Å²) in [4.78, 5) is 24.8. The first-order chi connectivity index (χ1) is 10.5. The van der Waals surface area contributed by atoms with E-state index in [0.29, 0.717) is 21.2 Å². The van der Waals surface area contributed by atoms with Gasteiger partial charge in [0.15, 0.2) is 0 Å². The predicted molar refractivity (Wildman–Crippen MR) is 91.9 cm³/mol. The number of carbonyl (C=O) groups is 2. The number of rotatable bonds is 4. The van der Waals surface area contributed by atoms with Crippen molar-refractivity contribution in [3.05, 3.63) is 49.6 Å². The highest BCUT2D eigenvalue weighted by molar-refractivity contribution is 9.11. The van der Waals surface area contributed by atoms with E-state index in [1.807, 2.05) is 6.07 Å². The number of amides is 2. The van der Waals surface area contributed by atoms with Crippen LogP contribution in [0.1, 0.15) is 32.9 Å². The van der Waals surface area contributed by atoms with Crippen LogP contribution in [0.3, 0.4) is 0 Å². The summed E-state index contributed by atoms with van der Waals surface area (Å²) in [6.45, 7) is 0. The Morgan fingerprint density at radius 1 is 1.18 bits per heavy atom. The van der Waals surface area contributed by atoms with Gasteiger partial charge in [-0.2, -0.15) is 0 Å². The lowest BCUT2D eigenvalue weighted by Gasteiger charge is -2.09. The molecule has 22 heavy (non-hydrogen) atoms.